The third-order valence-electron chi connectivity index (χ3n) is 6.47. The molecule has 1 unspecified atom stereocenters. The van der Waals surface area contributed by atoms with Crippen LogP contribution in [0.1, 0.15) is 56.6 Å². The quantitative estimate of drug-likeness (QED) is 0.401. The predicted molar refractivity (Wildman–Crippen MR) is 116 cm³/mol. The van der Waals surface area contributed by atoms with E-state index in [-0.39, 0.29) is 24.0 Å². The molecular formula is C19H33IN6O. The summed E-state index contributed by atoms with van der Waals surface area (Å²) in [6.07, 6.45) is 9.48. The molecule has 1 aliphatic carbocycles. The van der Waals surface area contributed by atoms with Crippen LogP contribution in [0.3, 0.4) is 0 Å². The summed E-state index contributed by atoms with van der Waals surface area (Å²) in [7, 11) is 2.00. The molecule has 7 nitrogen and oxygen atoms in total. The first-order valence-corrected chi connectivity index (χ1v) is 10.1. The van der Waals surface area contributed by atoms with E-state index in [1.165, 1.54) is 38.5 Å². The summed E-state index contributed by atoms with van der Waals surface area (Å²) >= 11 is 0. The Morgan fingerprint density at radius 3 is 2.74 bits per heavy atom. The van der Waals surface area contributed by atoms with Gasteiger partial charge in [0.15, 0.2) is 11.8 Å². The molecule has 1 aromatic heterocycles. The van der Waals surface area contributed by atoms with Crippen LogP contribution in [0, 0.1) is 12.3 Å². The van der Waals surface area contributed by atoms with Crippen molar-refractivity contribution in [2.45, 2.75) is 64.5 Å². The lowest BCUT2D eigenvalue weighted by Gasteiger charge is -2.26. The lowest BCUT2D eigenvalue weighted by atomic mass is 9.86. The minimum atomic E-state index is 0. The fourth-order valence-corrected chi connectivity index (χ4v) is 4.66. The Kier molecular flexibility index (Phi) is 6.99. The van der Waals surface area contributed by atoms with Crippen LogP contribution in [0.25, 0.3) is 0 Å². The first kappa shape index (κ1) is 20.8. The Morgan fingerprint density at radius 1 is 1.26 bits per heavy atom. The van der Waals surface area contributed by atoms with Gasteiger partial charge in [0.05, 0.1) is 6.10 Å². The van der Waals surface area contributed by atoms with Gasteiger partial charge in [-0.2, -0.15) is 0 Å². The molecule has 0 amide bonds. The van der Waals surface area contributed by atoms with E-state index in [4.69, 9.17) is 9.73 Å². The van der Waals surface area contributed by atoms with Crippen LogP contribution in [-0.4, -0.2) is 58.0 Å². The van der Waals surface area contributed by atoms with Crippen molar-refractivity contribution in [3.63, 3.8) is 0 Å². The summed E-state index contributed by atoms with van der Waals surface area (Å²) in [5, 5.41) is 12.0. The summed E-state index contributed by atoms with van der Waals surface area (Å²) in [6.45, 7) is 6.53. The van der Waals surface area contributed by atoms with Crippen molar-refractivity contribution in [2.24, 2.45) is 17.5 Å². The van der Waals surface area contributed by atoms with Gasteiger partial charge in [-0.15, -0.1) is 34.2 Å². The number of aryl methyl sites for hydroxylation is 1. The molecule has 2 aliphatic heterocycles. The van der Waals surface area contributed by atoms with Crippen molar-refractivity contribution in [3.8, 4) is 0 Å². The lowest BCUT2D eigenvalue weighted by molar-refractivity contribution is 0.113. The van der Waals surface area contributed by atoms with Crippen molar-refractivity contribution >= 4 is 29.9 Å². The van der Waals surface area contributed by atoms with Crippen LogP contribution >= 0.6 is 24.0 Å². The summed E-state index contributed by atoms with van der Waals surface area (Å²) in [4.78, 5) is 7.38. The first-order chi connectivity index (χ1) is 12.7. The molecule has 1 saturated carbocycles. The number of likely N-dealkylation sites (tertiary alicyclic amines) is 1. The largest absolute Gasteiger partial charge is 0.376 e. The van der Waals surface area contributed by atoms with Crippen LogP contribution in [0.2, 0.25) is 0 Å². The highest BCUT2D eigenvalue weighted by atomic mass is 127. The van der Waals surface area contributed by atoms with Crippen LogP contribution in [-0.2, 0) is 18.3 Å². The Hall–Kier alpha value is -0.900. The zero-order valence-corrected chi connectivity index (χ0v) is 18.9. The Morgan fingerprint density at radius 2 is 2.07 bits per heavy atom. The van der Waals surface area contributed by atoms with Gasteiger partial charge in [0.2, 0.25) is 0 Å². The first-order valence-electron chi connectivity index (χ1n) is 10.1. The summed E-state index contributed by atoms with van der Waals surface area (Å²) in [6, 6.07) is 0. The minimum Gasteiger partial charge on any atom is -0.376 e. The smallest absolute Gasteiger partial charge is 0.194 e. The Labute approximate surface area is 179 Å². The molecule has 152 valence electrons. The summed E-state index contributed by atoms with van der Waals surface area (Å²) in [5.74, 6) is 2.86. The van der Waals surface area contributed by atoms with Gasteiger partial charge in [-0.25, -0.2) is 4.99 Å². The van der Waals surface area contributed by atoms with E-state index in [9.17, 15) is 0 Å². The second-order valence-electron chi connectivity index (χ2n) is 8.26. The minimum absolute atomic E-state index is 0. The number of aromatic nitrogens is 3. The Bertz CT molecular complexity index is 649. The van der Waals surface area contributed by atoms with Crippen molar-refractivity contribution < 1.29 is 4.74 Å². The second kappa shape index (κ2) is 9.07. The molecule has 0 radical (unpaired) electrons. The summed E-state index contributed by atoms with van der Waals surface area (Å²) < 4.78 is 7.80. The molecule has 8 heteroatoms. The van der Waals surface area contributed by atoms with Crippen molar-refractivity contribution in [2.75, 3.05) is 26.2 Å². The molecule has 1 atom stereocenters. The van der Waals surface area contributed by atoms with Gasteiger partial charge >= 0.3 is 0 Å². The second-order valence-corrected chi connectivity index (χ2v) is 8.26. The number of aliphatic imine (C=N–C) groups is 1. The monoisotopic (exact) mass is 488 g/mol. The summed E-state index contributed by atoms with van der Waals surface area (Å²) in [5.41, 5.74) is 0.535. The van der Waals surface area contributed by atoms with Crippen LogP contribution in [0.15, 0.2) is 4.99 Å². The fraction of sp³-hybridized carbons (Fsp3) is 0.842. The molecule has 4 rings (SSSR count). The van der Waals surface area contributed by atoms with Gasteiger partial charge in [0.25, 0.3) is 0 Å². The van der Waals surface area contributed by atoms with E-state index in [0.29, 0.717) is 18.1 Å². The van der Waals surface area contributed by atoms with E-state index in [1.54, 1.807) is 0 Å². The highest BCUT2D eigenvalue weighted by Crippen LogP contribution is 2.45. The van der Waals surface area contributed by atoms with E-state index in [1.807, 2.05) is 18.5 Å². The normalized spacial score (nSPS) is 24.6. The molecule has 0 bridgehead atoms. The fourth-order valence-electron chi connectivity index (χ4n) is 4.66. The molecule has 0 aromatic carbocycles. The average molecular weight is 488 g/mol. The van der Waals surface area contributed by atoms with Gasteiger partial charge in [-0.3, -0.25) is 0 Å². The van der Waals surface area contributed by atoms with Gasteiger partial charge in [0.1, 0.15) is 12.4 Å². The van der Waals surface area contributed by atoms with Crippen LogP contribution < -0.4 is 5.32 Å². The molecular weight excluding hydrogens is 455 g/mol. The predicted octanol–water partition coefficient (Wildman–Crippen LogP) is 2.63. The topological polar surface area (TPSA) is 67.6 Å². The maximum atomic E-state index is 5.78. The van der Waals surface area contributed by atoms with Crippen molar-refractivity contribution in [1.29, 1.82) is 0 Å². The van der Waals surface area contributed by atoms with E-state index in [2.05, 4.69) is 20.4 Å². The Balaban J connectivity index is 0.00000210. The molecule has 1 aromatic rings. The van der Waals surface area contributed by atoms with Gasteiger partial charge < -0.3 is 19.5 Å². The number of nitrogens with one attached hydrogen (secondary N) is 1. The SMILES string of the molecule is Cc1nnc(CN=C(NCC2CCCO2)N2CCC3(CCCC3)C2)n1C.I. The maximum Gasteiger partial charge on any atom is 0.194 e. The van der Waals surface area contributed by atoms with E-state index >= 15 is 0 Å². The van der Waals surface area contributed by atoms with Gasteiger partial charge in [-0.05, 0) is 44.4 Å². The third kappa shape index (κ3) is 4.75. The van der Waals surface area contributed by atoms with E-state index < -0.39 is 0 Å². The molecule has 3 heterocycles. The van der Waals surface area contributed by atoms with Crippen molar-refractivity contribution in [3.05, 3.63) is 11.6 Å². The average Bonchev–Trinajstić information content (AvgIpc) is 3.43. The number of guanidine groups is 1. The number of halogens is 1. The van der Waals surface area contributed by atoms with Crippen LogP contribution in [0.4, 0.5) is 0 Å². The number of hydrogen-bond acceptors (Lipinski definition) is 4. The third-order valence-corrected chi connectivity index (χ3v) is 6.47. The standard InChI is InChI=1S/C19H32N6O.HI/c1-15-22-23-17(24(15)2)13-21-18(20-12-16-6-5-11-26-16)25-10-9-19(14-25)7-3-4-8-19;/h16H,3-14H2,1-2H3,(H,20,21);1H. The molecule has 3 aliphatic rings. The zero-order chi connectivity index (χ0) is 18.0. The number of hydrogen-bond donors (Lipinski definition) is 1. The number of nitrogens with zero attached hydrogens (tertiary/aromatic N) is 5. The number of ether oxygens (including phenoxy) is 1. The zero-order valence-electron chi connectivity index (χ0n) is 16.6. The highest BCUT2D eigenvalue weighted by molar-refractivity contribution is 14.0. The van der Waals surface area contributed by atoms with Gasteiger partial charge in [-0.1, -0.05) is 12.8 Å². The lowest BCUT2D eigenvalue weighted by Crippen LogP contribution is -2.44. The molecule has 1 N–H and O–H groups in total. The highest BCUT2D eigenvalue weighted by Gasteiger charge is 2.41. The number of rotatable bonds is 4. The molecule has 1 spiro atoms. The molecule has 3 fully saturated rings. The van der Waals surface area contributed by atoms with Gasteiger partial charge in [0, 0.05) is 33.3 Å². The molecule has 27 heavy (non-hydrogen) atoms. The molecule has 2 saturated heterocycles. The van der Waals surface area contributed by atoms with Crippen LogP contribution in [0.5, 0.6) is 0 Å². The maximum absolute atomic E-state index is 5.78. The van der Waals surface area contributed by atoms with Crippen molar-refractivity contribution in [1.82, 2.24) is 25.0 Å². The van der Waals surface area contributed by atoms with E-state index in [0.717, 1.165) is 50.3 Å².